The summed E-state index contributed by atoms with van der Waals surface area (Å²) in [5.74, 6) is 0.406. The zero-order valence-electron chi connectivity index (χ0n) is 14.0. The van der Waals surface area contributed by atoms with E-state index in [4.69, 9.17) is 0 Å². The SMILES string of the molecule is CCC(CC)C(=O)N1CCC(NC(=O)Nc2ccccc2)CC1. The number of hydrogen-bond donors (Lipinski definition) is 2. The maximum atomic E-state index is 12.4. The molecule has 126 valence electrons. The molecule has 3 amide bonds. The van der Waals surface area contributed by atoms with E-state index < -0.39 is 0 Å². The molecule has 1 fully saturated rings. The van der Waals surface area contributed by atoms with E-state index in [1.165, 1.54) is 0 Å². The highest BCUT2D eigenvalue weighted by atomic mass is 16.2. The Morgan fingerprint density at radius 1 is 1.13 bits per heavy atom. The van der Waals surface area contributed by atoms with Crippen molar-refractivity contribution >= 4 is 17.6 Å². The number of rotatable bonds is 5. The molecule has 0 radical (unpaired) electrons. The number of anilines is 1. The van der Waals surface area contributed by atoms with E-state index in [0.717, 1.165) is 44.5 Å². The van der Waals surface area contributed by atoms with E-state index in [2.05, 4.69) is 24.5 Å². The van der Waals surface area contributed by atoms with E-state index in [-0.39, 0.29) is 23.9 Å². The second-order valence-electron chi connectivity index (χ2n) is 6.08. The summed E-state index contributed by atoms with van der Waals surface area (Å²) < 4.78 is 0. The molecule has 1 aromatic rings. The van der Waals surface area contributed by atoms with Gasteiger partial charge in [0.05, 0.1) is 0 Å². The van der Waals surface area contributed by atoms with Crippen LogP contribution in [0.5, 0.6) is 0 Å². The molecule has 23 heavy (non-hydrogen) atoms. The minimum atomic E-state index is -0.180. The van der Waals surface area contributed by atoms with Crippen LogP contribution in [0, 0.1) is 5.92 Å². The minimum absolute atomic E-state index is 0.129. The molecule has 5 heteroatoms. The topological polar surface area (TPSA) is 61.4 Å². The standard InChI is InChI=1S/C18H27N3O2/c1-3-14(4-2)17(22)21-12-10-16(11-13-21)20-18(23)19-15-8-6-5-7-9-15/h5-9,14,16H,3-4,10-13H2,1-2H3,(H2,19,20,23). The van der Waals surface area contributed by atoms with E-state index >= 15 is 0 Å². The van der Waals surface area contributed by atoms with Crippen molar-refractivity contribution in [3.8, 4) is 0 Å². The summed E-state index contributed by atoms with van der Waals surface area (Å²) in [6.45, 7) is 5.58. The van der Waals surface area contributed by atoms with Crippen LogP contribution in [0.15, 0.2) is 30.3 Å². The average Bonchev–Trinajstić information content (AvgIpc) is 2.57. The zero-order valence-corrected chi connectivity index (χ0v) is 14.0. The molecular weight excluding hydrogens is 290 g/mol. The van der Waals surface area contributed by atoms with Crippen molar-refractivity contribution < 1.29 is 9.59 Å². The Morgan fingerprint density at radius 3 is 2.30 bits per heavy atom. The Bertz CT molecular complexity index is 506. The Hall–Kier alpha value is -2.04. The van der Waals surface area contributed by atoms with Crippen LogP contribution in [0.25, 0.3) is 0 Å². The van der Waals surface area contributed by atoms with Gasteiger partial charge in [0.15, 0.2) is 0 Å². The zero-order chi connectivity index (χ0) is 16.7. The molecular formula is C18H27N3O2. The summed E-state index contributed by atoms with van der Waals surface area (Å²) in [5.41, 5.74) is 0.784. The number of benzene rings is 1. The Kier molecular flexibility index (Phi) is 6.44. The number of likely N-dealkylation sites (tertiary alicyclic amines) is 1. The van der Waals surface area contributed by atoms with Crippen molar-refractivity contribution in [2.24, 2.45) is 5.92 Å². The van der Waals surface area contributed by atoms with Gasteiger partial charge in [-0.15, -0.1) is 0 Å². The fraction of sp³-hybridized carbons (Fsp3) is 0.556. The van der Waals surface area contributed by atoms with E-state index in [1.807, 2.05) is 35.2 Å². The van der Waals surface area contributed by atoms with Gasteiger partial charge < -0.3 is 15.5 Å². The van der Waals surface area contributed by atoms with Crippen LogP contribution in [-0.2, 0) is 4.79 Å². The van der Waals surface area contributed by atoms with Gasteiger partial charge >= 0.3 is 6.03 Å². The van der Waals surface area contributed by atoms with Gasteiger partial charge in [0.1, 0.15) is 0 Å². The fourth-order valence-electron chi connectivity index (χ4n) is 3.01. The summed E-state index contributed by atoms with van der Waals surface area (Å²) in [6, 6.07) is 9.35. The molecule has 1 aromatic carbocycles. The number of carbonyl (C=O) groups excluding carboxylic acids is 2. The molecule has 0 aliphatic carbocycles. The lowest BCUT2D eigenvalue weighted by Crippen LogP contribution is -2.48. The summed E-state index contributed by atoms with van der Waals surface area (Å²) in [7, 11) is 0. The van der Waals surface area contributed by atoms with Gasteiger partial charge in [0.2, 0.25) is 5.91 Å². The van der Waals surface area contributed by atoms with Crippen LogP contribution in [0.1, 0.15) is 39.5 Å². The largest absolute Gasteiger partial charge is 0.342 e. The number of para-hydroxylation sites is 1. The normalized spacial score (nSPS) is 15.5. The van der Waals surface area contributed by atoms with Gasteiger partial charge in [-0.1, -0.05) is 32.0 Å². The van der Waals surface area contributed by atoms with Gasteiger partial charge in [-0.3, -0.25) is 4.79 Å². The molecule has 0 unspecified atom stereocenters. The first-order chi connectivity index (χ1) is 11.1. The van der Waals surface area contributed by atoms with E-state index in [0.29, 0.717) is 0 Å². The first kappa shape index (κ1) is 17.3. The number of amides is 3. The van der Waals surface area contributed by atoms with Gasteiger partial charge in [-0.25, -0.2) is 4.79 Å². The van der Waals surface area contributed by atoms with Crippen molar-refractivity contribution in [2.75, 3.05) is 18.4 Å². The molecule has 1 heterocycles. The first-order valence-electron chi connectivity index (χ1n) is 8.55. The monoisotopic (exact) mass is 317 g/mol. The van der Waals surface area contributed by atoms with Crippen molar-refractivity contribution in [2.45, 2.75) is 45.6 Å². The summed E-state index contributed by atoms with van der Waals surface area (Å²) in [5, 5.41) is 5.83. The predicted octanol–water partition coefficient (Wildman–Crippen LogP) is 3.24. The van der Waals surface area contributed by atoms with Gasteiger partial charge in [0.25, 0.3) is 0 Å². The van der Waals surface area contributed by atoms with Crippen LogP contribution in [0.2, 0.25) is 0 Å². The first-order valence-corrected chi connectivity index (χ1v) is 8.55. The quantitative estimate of drug-likeness (QED) is 0.876. The molecule has 0 atom stereocenters. The number of urea groups is 1. The smallest absolute Gasteiger partial charge is 0.319 e. The van der Waals surface area contributed by atoms with Crippen LogP contribution in [-0.4, -0.2) is 36.0 Å². The number of hydrogen-bond acceptors (Lipinski definition) is 2. The second kappa shape index (κ2) is 8.56. The van der Waals surface area contributed by atoms with E-state index in [9.17, 15) is 9.59 Å². The van der Waals surface area contributed by atoms with Gasteiger partial charge in [-0.2, -0.15) is 0 Å². The third-order valence-corrected chi connectivity index (χ3v) is 4.51. The van der Waals surface area contributed by atoms with Crippen molar-refractivity contribution in [3.63, 3.8) is 0 Å². The van der Waals surface area contributed by atoms with Crippen LogP contribution in [0.4, 0.5) is 10.5 Å². The van der Waals surface area contributed by atoms with Crippen molar-refractivity contribution in [3.05, 3.63) is 30.3 Å². The molecule has 0 bridgehead atoms. The van der Waals surface area contributed by atoms with Crippen LogP contribution < -0.4 is 10.6 Å². The lowest BCUT2D eigenvalue weighted by Gasteiger charge is -2.34. The summed E-state index contributed by atoms with van der Waals surface area (Å²) in [6.07, 6.45) is 3.42. The third-order valence-electron chi connectivity index (χ3n) is 4.51. The lowest BCUT2D eigenvalue weighted by atomic mass is 9.98. The molecule has 0 saturated carbocycles. The second-order valence-corrected chi connectivity index (χ2v) is 6.08. The molecule has 0 spiro atoms. The third kappa shape index (κ3) is 4.98. The van der Waals surface area contributed by atoms with Gasteiger partial charge in [-0.05, 0) is 37.8 Å². The Morgan fingerprint density at radius 2 is 1.74 bits per heavy atom. The molecule has 5 nitrogen and oxygen atoms in total. The van der Waals surface area contributed by atoms with Crippen LogP contribution in [0.3, 0.4) is 0 Å². The van der Waals surface area contributed by atoms with E-state index in [1.54, 1.807) is 0 Å². The fourth-order valence-corrected chi connectivity index (χ4v) is 3.01. The molecule has 1 saturated heterocycles. The van der Waals surface area contributed by atoms with Crippen molar-refractivity contribution in [1.29, 1.82) is 0 Å². The molecule has 2 rings (SSSR count). The Labute approximate surface area is 138 Å². The average molecular weight is 317 g/mol. The molecule has 1 aliphatic heterocycles. The minimum Gasteiger partial charge on any atom is -0.342 e. The van der Waals surface area contributed by atoms with Gasteiger partial charge in [0, 0.05) is 30.7 Å². The highest BCUT2D eigenvalue weighted by Crippen LogP contribution is 2.17. The number of nitrogens with one attached hydrogen (secondary N) is 2. The lowest BCUT2D eigenvalue weighted by molar-refractivity contribution is -0.136. The number of piperidine rings is 1. The summed E-state index contributed by atoms with van der Waals surface area (Å²) in [4.78, 5) is 26.3. The molecule has 1 aliphatic rings. The highest BCUT2D eigenvalue weighted by molar-refractivity contribution is 5.89. The maximum Gasteiger partial charge on any atom is 0.319 e. The van der Waals surface area contributed by atoms with Crippen molar-refractivity contribution in [1.82, 2.24) is 10.2 Å². The number of carbonyl (C=O) groups is 2. The molecule has 0 aromatic heterocycles. The van der Waals surface area contributed by atoms with Crippen LogP contribution >= 0.6 is 0 Å². The highest BCUT2D eigenvalue weighted by Gasteiger charge is 2.27. The Balaban J connectivity index is 1.76. The summed E-state index contributed by atoms with van der Waals surface area (Å²) >= 11 is 0. The number of nitrogens with zero attached hydrogens (tertiary/aromatic N) is 1. The maximum absolute atomic E-state index is 12.4. The molecule has 2 N–H and O–H groups in total. The predicted molar refractivity (Wildman–Crippen MR) is 92.3 cm³/mol.